The number of thioether (sulfide) groups is 1. The second-order valence-corrected chi connectivity index (χ2v) is 6.50. The van der Waals surface area contributed by atoms with Crippen LogP contribution in [-0.4, -0.2) is 47.2 Å². The molecule has 1 aliphatic heterocycles. The second-order valence-electron chi connectivity index (χ2n) is 5.63. The summed E-state index contributed by atoms with van der Waals surface area (Å²) in [6.45, 7) is 2.12. The number of nitrogens with zero attached hydrogens (tertiary/aromatic N) is 2. The van der Waals surface area contributed by atoms with Crippen LogP contribution in [0.25, 0.3) is 0 Å². The summed E-state index contributed by atoms with van der Waals surface area (Å²) in [6.07, 6.45) is 7.47. The monoisotopic (exact) mass is 291 g/mol. The Morgan fingerprint density at radius 2 is 2.35 bits per heavy atom. The topological polar surface area (TPSA) is 45.2 Å². The molecule has 0 spiro atoms. The van der Waals surface area contributed by atoms with Crippen molar-refractivity contribution in [3.05, 3.63) is 29.6 Å². The Morgan fingerprint density at radius 1 is 1.50 bits per heavy atom. The van der Waals surface area contributed by atoms with E-state index in [1.54, 1.807) is 18.0 Å². The number of amides is 1. The maximum Gasteiger partial charge on any atom is 0.270 e. The van der Waals surface area contributed by atoms with Crippen LogP contribution in [0.5, 0.6) is 0 Å². The molecular weight excluding hydrogens is 270 g/mol. The zero-order valence-corrected chi connectivity index (χ0v) is 12.7. The average Bonchev–Trinajstić information content (AvgIpc) is 3.20. The van der Waals surface area contributed by atoms with E-state index in [9.17, 15) is 4.79 Å². The van der Waals surface area contributed by atoms with E-state index in [2.05, 4.69) is 15.2 Å². The Hall–Kier alpha value is -1.07. The number of hydrogen-bond acceptors (Lipinski definition) is 4. The second kappa shape index (κ2) is 6.14. The van der Waals surface area contributed by atoms with Gasteiger partial charge in [-0.25, -0.2) is 0 Å². The molecule has 1 saturated heterocycles. The maximum absolute atomic E-state index is 12.4. The van der Waals surface area contributed by atoms with Gasteiger partial charge in [0.25, 0.3) is 5.91 Å². The van der Waals surface area contributed by atoms with Crippen molar-refractivity contribution in [2.24, 2.45) is 0 Å². The van der Waals surface area contributed by atoms with Crippen molar-refractivity contribution in [1.82, 2.24) is 15.2 Å². The molecule has 1 N–H and O–H groups in total. The minimum Gasteiger partial charge on any atom is -0.347 e. The van der Waals surface area contributed by atoms with E-state index in [1.165, 1.54) is 12.8 Å². The molecular formula is C15H21N3OS. The molecule has 1 amide bonds. The maximum atomic E-state index is 12.4. The van der Waals surface area contributed by atoms with E-state index in [4.69, 9.17) is 0 Å². The highest BCUT2D eigenvalue weighted by molar-refractivity contribution is 7.97. The van der Waals surface area contributed by atoms with Crippen LogP contribution >= 0.6 is 11.8 Å². The summed E-state index contributed by atoms with van der Waals surface area (Å²) in [5, 5.41) is 3.15. The van der Waals surface area contributed by atoms with Crippen molar-refractivity contribution in [1.29, 1.82) is 0 Å². The van der Waals surface area contributed by atoms with Crippen LogP contribution < -0.4 is 5.32 Å². The molecule has 0 bridgehead atoms. The standard InChI is InChI=1S/C15H21N3OS/c1-20-10-11-3-2-7-16-14(11)15(19)17-12-6-8-18(9-12)13-4-5-13/h2-3,7,12-13H,4-6,8-10H2,1H3,(H,17,19). The molecule has 20 heavy (non-hydrogen) atoms. The molecule has 1 aliphatic carbocycles. The minimum absolute atomic E-state index is 0.0164. The highest BCUT2D eigenvalue weighted by Gasteiger charge is 2.35. The molecule has 2 fully saturated rings. The Balaban J connectivity index is 1.61. The van der Waals surface area contributed by atoms with Gasteiger partial charge in [0.15, 0.2) is 0 Å². The molecule has 2 heterocycles. The van der Waals surface area contributed by atoms with Crippen molar-refractivity contribution < 1.29 is 4.79 Å². The van der Waals surface area contributed by atoms with Crippen molar-refractivity contribution in [2.75, 3.05) is 19.3 Å². The first kappa shape index (κ1) is 13.9. The summed E-state index contributed by atoms with van der Waals surface area (Å²) >= 11 is 1.71. The summed E-state index contributed by atoms with van der Waals surface area (Å²) in [6, 6.07) is 4.96. The van der Waals surface area contributed by atoms with Crippen LogP contribution in [0, 0.1) is 0 Å². The van der Waals surface area contributed by atoms with Gasteiger partial charge in [-0.15, -0.1) is 0 Å². The summed E-state index contributed by atoms with van der Waals surface area (Å²) in [7, 11) is 0. The van der Waals surface area contributed by atoms with Gasteiger partial charge in [-0.1, -0.05) is 6.07 Å². The quantitative estimate of drug-likeness (QED) is 0.900. The number of nitrogens with one attached hydrogen (secondary N) is 1. The fourth-order valence-corrected chi connectivity index (χ4v) is 3.39. The number of carbonyl (C=O) groups is 1. The molecule has 1 aromatic rings. The largest absolute Gasteiger partial charge is 0.347 e. The highest BCUT2D eigenvalue weighted by Crippen LogP contribution is 2.29. The van der Waals surface area contributed by atoms with Crippen molar-refractivity contribution >= 4 is 17.7 Å². The first-order valence-electron chi connectivity index (χ1n) is 7.25. The lowest BCUT2D eigenvalue weighted by Crippen LogP contribution is -2.38. The van der Waals surface area contributed by atoms with E-state index >= 15 is 0 Å². The fraction of sp³-hybridized carbons (Fsp3) is 0.600. The Bertz CT molecular complexity index is 490. The molecule has 0 radical (unpaired) electrons. The third-order valence-electron chi connectivity index (χ3n) is 4.02. The summed E-state index contributed by atoms with van der Waals surface area (Å²) in [5.41, 5.74) is 1.61. The SMILES string of the molecule is CSCc1cccnc1C(=O)NC1CCN(C2CC2)C1. The molecule has 2 aliphatic rings. The summed E-state index contributed by atoms with van der Waals surface area (Å²) < 4.78 is 0. The number of pyridine rings is 1. The molecule has 1 atom stereocenters. The molecule has 0 aromatic carbocycles. The van der Waals surface area contributed by atoms with Crippen molar-refractivity contribution in [2.45, 2.75) is 37.1 Å². The first-order valence-corrected chi connectivity index (χ1v) is 8.65. The van der Waals surface area contributed by atoms with Crippen LogP contribution in [0.3, 0.4) is 0 Å². The minimum atomic E-state index is -0.0164. The van der Waals surface area contributed by atoms with Crippen LogP contribution in [0.4, 0.5) is 0 Å². The Morgan fingerprint density at radius 3 is 3.10 bits per heavy atom. The lowest BCUT2D eigenvalue weighted by Gasteiger charge is -2.16. The van der Waals surface area contributed by atoms with Gasteiger partial charge in [0.1, 0.15) is 5.69 Å². The van der Waals surface area contributed by atoms with Crippen LogP contribution in [0.1, 0.15) is 35.3 Å². The Labute approximate surface area is 124 Å². The number of likely N-dealkylation sites (tertiary alicyclic amines) is 1. The number of rotatable bonds is 5. The molecule has 3 rings (SSSR count). The molecule has 1 aromatic heterocycles. The highest BCUT2D eigenvalue weighted by atomic mass is 32.2. The fourth-order valence-electron chi connectivity index (χ4n) is 2.85. The third-order valence-corrected chi connectivity index (χ3v) is 4.62. The summed E-state index contributed by atoms with van der Waals surface area (Å²) in [4.78, 5) is 19.2. The molecule has 1 saturated carbocycles. The summed E-state index contributed by atoms with van der Waals surface area (Å²) in [5.74, 6) is 0.812. The van der Waals surface area contributed by atoms with Gasteiger partial charge in [-0.3, -0.25) is 14.7 Å². The normalized spacial score (nSPS) is 22.9. The number of aromatic nitrogens is 1. The zero-order chi connectivity index (χ0) is 13.9. The van der Waals surface area contributed by atoms with E-state index in [-0.39, 0.29) is 11.9 Å². The van der Waals surface area contributed by atoms with E-state index < -0.39 is 0 Å². The van der Waals surface area contributed by atoms with Crippen molar-refractivity contribution in [3.63, 3.8) is 0 Å². The molecule has 1 unspecified atom stereocenters. The lowest BCUT2D eigenvalue weighted by molar-refractivity contribution is 0.0931. The van der Waals surface area contributed by atoms with Gasteiger partial charge in [-0.2, -0.15) is 11.8 Å². The third kappa shape index (κ3) is 3.15. The zero-order valence-electron chi connectivity index (χ0n) is 11.8. The van der Waals surface area contributed by atoms with Gasteiger partial charge in [0.05, 0.1) is 0 Å². The van der Waals surface area contributed by atoms with Gasteiger partial charge >= 0.3 is 0 Å². The van der Waals surface area contributed by atoms with Crippen molar-refractivity contribution in [3.8, 4) is 0 Å². The average molecular weight is 291 g/mol. The Kier molecular flexibility index (Phi) is 4.27. The van der Waals surface area contributed by atoms with Crippen LogP contribution in [-0.2, 0) is 5.75 Å². The molecule has 5 heteroatoms. The number of carbonyl (C=O) groups excluding carboxylic acids is 1. The van der Waals surface area contributed by atoms with E-state index in [0.29, 0.717) is 5.69 Å². The smallest absolute Gasteiger partial charge is 0.270 e. The lowest BCUT2D eigenvalue weighted by atomic mass is 10.2. The van der Waals surface area contributed by atoms with E-state index in [1.807, 2.05) is 18.4 Å². The molecule has 4 nitrogen and oxygen atoms in total. The van der Waals surface area contributed by atoms with Gasteiger partial charge < -0.3 is 5.32 Å². The molecule has 108 valence electrons. The van der Waals surface area contributed by atoms with Gasteiger partial charge in [0.2, 0.25) is 0 Å². The predicted molar refractivity (Wildman–Crippen MR) is 81.9 cm³/mol. The van der Waals surface area contributed by atoms with Crippen LogP contribution in [0.2, 0.25) is 0 Å². The number of hydrogen-bond donors (Lipinski definition) is 1. The predicted octanol–water partition coefficient (Wildman–Crippen LogP) is 1.91. The van der Waals surface area contributed by atoms with Crippen LogP contribution in [0.15, 0.2) is 18.3 Å². The van der Waals surface area contributed by atoms with Gasteiger partial charge in [0, 0.05) is 37.1 Å². The first-order chi connectivity index (χ1) is 9.78. The van der Waals surface area contributed by atoms with Gasteiger partial charge in [-0.05, 0) is 37.1 Å². The van der Waals surface area contributed by atoms with E-state index in [0.717, 1.165) is 36.9 Å².